The summed E-state index contributed by atoms with van der Waals surface area (Å²) < 4.78 is 0. The zero-order valence-corrected chi connectivity index (χ0v) is 11.3. The number of anilines is 1. The monoisotopic (exact) mass is 297 g/mol. The molecule has 0 bridgehead atoms. The molecule has 0 radical (unpaired) electrons. The molecule has 0 unspecified atom stereocenters. The fourth-order valence-corrected chi connectivity index (χ4v) is 1.80. The zero-order chi connectivity index (χ0) is 14.0. The van der Waals surface area contributed by atoms with Crippen molar-refractivity contribution in [3.8, 4) is 5.75 Å². The number of hydrogen-bond donors (Lipinski definition) is 2. The number of amides is 1. The quantitative estimate of drug-likeness (QED) is 0.836. The molecule has 0 saturated carbocycles. The SMILES string of the molecule is Cc1ncc(NC(=O)c2cc(Cl)ccc2O)c(Cl)n1. The number of nitrogens with one attached hydrogen (secondary N) is 1. The molecule has 2 aromatic rings. The van der Waals surface area contributed by atoms with Crippen LogP contribution in [0.4, 0.5) is 5.69 Å². The van der Waals surface area contributed by atoms with Gasteiger partial charge in [-0.15, -0.1) is 0 Å². The van der Waals surface area contributed by atoms with Gasteiger partial charge in [-0.3, -0.25) is 4.79 Å². The third-order valence-corrected chi connectivity index (χ3v) is 2.84. The normalized spacial score (nSPS) is 10.3. The first-order chi connectivity index (χ1) is 8.97. The number of aryl methyl sites for hydroxylation is 1. The third kappa shape index (κ3) is 3.13. The molecule has 2 rings (SSSR count). The van der Waals surface area contributed by atoms with Crippen LogP contribution in [0.2, 0.25) is 10.2 Å². The summed E-state index contributed by atoms with van der Waals surface area (Å²) in [5.41, 5.74) is 0.306. The smallest absolute Gasteiger partial charge is 0.259 e. The molecule has 1 aromatic heterocycles. The number of aromatic hydroxyl groups is 1. The van der Waals surface area contributed by atoms with Crippen molar-refractivity contribution in [3.63, 3.8) is 0 Å². The van der Waals surface area contributed by atoms with E-state index in [1.54, 1.807) is 6.92 Å². The maximum absolute atomic E-state index is 12.0. The van der Waals surface area contributed by atoms with Crippen molar-refractivity contribution < 1.29 is 9.90 Å². The number of phenolic OH excluding ortho intramolecular Hbond substituents is 1. The largest absolute Gasteiger partial charge is 0.507 e. The number of nitrogens with zero attached hydrogens (tertiary/aromatic N) is 2. The summed E-state index contributed by atoms with van der Waals surface area (Å²) in [4.78, 5) is 19.8. The van der Waals surface area contributed by atoms with Gasteiger partial charge in [-0.25, -0.2) is 9.97 Å². The summed E-state index contributed by atoms with van der Waals surface area (Å²) in [5, 5.41) is 12.6. The lowest BCUT2D eigenvalue weighted by Gasteiger charge is -2.08. The minimum absolute atomic E-state index is 0.0455. The highest BCUT2D eigenvalue weighted by atomic mass is 35.5. The molecule has 7 heteroatoms. The van der Waals surface area contributed by atoms with Crippen molar-refractivity contribution in [1.82, 2.24) is 9.97 Å². The average Bonchev–Trinajstić information content (AvgIpc) is 2.35. The lowest BCUT2D eigenvalue weighted by Crippen LogP contribution is -2.13. The van der Waals surface area contributed by atoms with Gasteiger partial charge in [0.15, 0.2) is 5.15 Å². The molecular weight excluding hydrogens is 289 g/mol. The van der Waals surface area contributed by atoms with Gasteiger partial charge in [-0.2, -0.15) is 0 Å². The van der Waals surface area contributed by atoms with Gasteiger partial charge in [0.1, 0.15) is 11.6 Å². The number of carbonyl (C=O) groups is 1. The molecule has 2 N–H and O–H groups in total. The number of hydrogen-bond acceptors (Lipinski definition) is 4. The number of carbonyl (C=O) groups excluding carboxylic acids is 1. The molecule has 0 saturated heterocycles. The predicted octanol–water partition coefficient (Wildman–Crippen LogP) is 3.05. The highest BCUT2D eigenvalue weighted by Gasteiger charge is 2.14. The molecule has 0 aliphatic rings. The highest BCUT2D eigenvalue weighted by Crippen LogP contribution is 2.24. The fourth-order valence-electron chi connectivity index (χ4n) is 1.41. The molecule has 0 atom stereocenters. The first kappa shape index (κ1) is 13.6. The van der Waals surface area contributed by atoms with Crippen molar-refractivity contribution in [2.24, 2.45) is 0 Å². The molecule has 19 heavy (non-hydrogen) atoms. The van der Waals surface area contributed by atoms with E-state index in [2.05, 4.69) is 15.3 Å². The van der Waals surface area contributed by atoms with E-state index >= 15 is 0 Å². The van der Waals surface area contributed by atoms with Crippen LogP contribution in [0.15, 0.2) is 24.4 Å². The Balaban J connectivity index is 2.28. The number of benzene rings is 1. The van der Waals surface area contributed by atoms with Crippen LogP contribution in [-0.4, -0.2) is 21.0 Å². The van der Waals surface area contributed by atoms with E-state index in [-0.39, 0.29) is 22.2 Å². The fraction of sp³-hybridized carbons (Fsp3) is 0.0833. The molecule has 98 valence electrons. The van der Waals surface area contributed by atoms with Crippen LogP contribution in [0.3, 0.4) is 0 Å². The van der Waals surface area contributed by atoms with E-state index in [0.29, 0.717) is 10.8 Å². The molecule has 0 aliphatic carbocycles. The van der Waals surface area contributed by atoms with Crippen LogP contribution in [0, 0.1) is 6.92 Å². The van der Waals surface area contributed by atoms with Gasteiger partial charge >= 0.3 is 0 Å². The molecule has 1 heterocycles. The van der Waals surface area contributed by atoms with Gasteiger partial charge in [0, 0.05) is 5.02 Å². The van der Waals surface area contributed by atoms with Crippen molar-refractivity contribution in [1.29, 1.82) is 0 Å². The van der Waals surface area contributed by atoms with Crippen LogP contribution in [0.1, 0.15) is 16.2 Å². The second-order valence-corrected chi connectivity index (χ2v) is 4.53. The third-order valence-electron chi connectivity index (χ3n) is 2.31. The Hall–Kier alpha value is -1.85. The minimum Gasteiger partial charge on any atom is -0.507 e. The van der Waals surface area contributed by atoms with E-state index in [9.17, 15) is 9.90 Å². The van der Waals surface area contributed by atoms with Gasteiger partial charge in [0.2, 0.25) is 0 Å². The van der Waals surface area contributed by atoms with Crippen LogP contribution < -0.4 is 5.32 Å². The van der Waals surface area contributed by atoms with E-state index in [4.69, 9.17) is 23.2 Å². The van der Waals surface area contributed by atoms with Gasteiger partial charge in [0.05, 0.1) is 17.4 Å². The molecule has 5 nitrogen and oxygen atoms in total. The minimum atomic E-state index is -0.547. The lowest BCUT2D eigenvalue weighted by atomic mass is 10.2. The molecule has 0 fully saturated rings. The topological polar surface area (TPSA) is 75.1 Å². The van der Waals surface area contributed by atoms with Crippen molar-refractivity contribution >= 4 is 34.8 Å². The Morgan fingerprint density at radius 3 is 2.79 bits per heavy atom. The Bertz CT molecular complexity index is 647. The molecule has 1 aromatic carbocycles. The van der Waals surface area contributed by atoms with E-state index in [0.717, 1.165) is 0 Å². The predicted molar refractivity (Wildman–Crippen MR) is 72.8 cm³/mol. The summed E-state index contributed by atoms with van der Waals surface area (Å²) in [6.07, 6.45) is 1.39. The standard InChI is InChI=1S/C12H9Cl2N3O2/c1-6-15-5-9(11(14)16-6)17-12(19)8-4-7(13)2-3-10(8)18/h2-5,18H,1H3,(H,17,19). The van der Waals surface area contributed by atoms with Crippen LogP contribution in [0.5, 0.6) is 5.75 Å². The van der Waals surface area contributed by atoms with Gasteiger partial charge in [0.25, 0.3) is 5.91 Å². The Kier molecular flexibility index (Phi) is 3.87. The highest BCUT2D eigenvalue weighted by molar-refractivity contribution is 6.33. The van der Waals surface area contributed by atoms with Crippen LogP contribution in [0.25, 0.3) is 0 Å². The summed E-state index contributed by atoms with van der Waals surface area (Å²) >= 11 is 11.7. The van der Waals surface area contributed by atoms with E-state index in [1.165, 1.54) is 24.4 Å². The average molecular weight is 298 g/mol. The first-order valence-electron chi connectivity index (χ1n) is 5.26. The maximum Gasteiger partial charge on any atom is 0.259 e. The number of rotatable bonds is 2. The number of phenols is 1. The summed E-state index contributed by atoms with van der Waals surface area (Å²) in [5.74, 6) is -0.228. The van der Waals surface area contributed by atoms with E-state index < -0.39 is 5.91 Å². The van der Waals surface area contributed by atoms with Crippen LogP contribution >= 0.6 is 23.2 Å². The lowest BCUT2D eigenvalue weighted by molar-refractivity contribution is 0.102. The second-order valence-electron chi connectivity index (χ2n) is 3.74. The van der Waals surface area contributed by atoms with Crippen LogP contribution in [-0.2, 0) is 0 Å². The molecule has 0 spiro atoms. The number of aromatic nitrogens is 2. The van der Waals surface area contributed by atoms with Crippen molar-refractivity contribution in [3.05, 3.63) is 46.0 Å². The number of halogens is 2. The molecule has 0 aliphatic heterocycles. The Morgan fingerprint density at radius 1 is 1.37 bits per heavy atom. The summed E-state index contributed by atoms with van der Waals surface area (Å²) in [6, 6.07) is 4.18. The Morgan fingerprint density at radius 2 is 2.11 bits per heavy atom. The summed E-state index contributed by atoms with van der Waals surface area (Å²) in [7, 11) is 0. The zero-order valence-electron chi connectivity index (χ0n) is 9.82. The Labute approximate surface area is 119 Å². The molecule has 1 amide bonds. The van der Waals surface area contributed by atoms with Gasteiger partial charge in [-0.05, 0) is 25.1 Å². The van der Waals surface area contributed by atoms with E-state index in [1.807, 2.05) is 0 Å². The maximum atomic E-state index is 12.0. The summed E-state index contributed by atoms with van der Waals surface area (Å²) in [6.45, 7) is 1.68. The second kappa shape index (κ2) is 5.42. The first-order valence-corrected chi connectivity index (χ1v) is 6.02. The molecular formula is C12H9Cl2N3O2. The van der Waals surface area contributed by atoms with Crippen molar-refractivity contribution in [2.45, 2.75) is 6.92 Å². The van der Waals surface area contributed by atoms with Gasteiger partial charge < -0.3 is 10.4 Å². The van der Waals surface area contributed by atoms with Crippen molar-refractivity contribution in [2.75, 3.05) is 5.32 Å². The van der Waals surface area contributed by atoms with Gasteiger partial charge in [-0.1, -0.05) is 23.2 Å².